The van der Waals surface area contributed by atoms with Gasteiger partial charge in [0.05, 0.1) is 7.11 Å². The quantitative estimate of drug-likeness (QED) is 0.764. The Morgan fingerprint density at radius 1 is 1.32 bits per heavy atom. The minimum Gasteiger partial charge on any atom is -0.493 e. The zero-order valence-corrected chi connectivity index (χ0v) is 12.1. The highest BCUT2D eigenvalue weighted by molar-refractivity contribution is 7.87. The molecule has 0 N–H and O–H groups in total. The van der Waals surface area contributed by atoms with Crippen LogP contribution in [0.25, 0.3) is 0 Å². The molecule has 0 aliphatic carbocycles. The smallest absolute Gasteiger partial charge is 0.387 e. The van der Waals surface area contributed by atoms with E-state index in [0.717, 1.165) is 11.0 Å². The number of rotatable bonds is 5. The van der Waals surface area contributed by atoms with Crippen molar-refractivity contribution in [1.29, 1.82) is 0 Å². The van der Waals surface area contributed by atoms with Crippen molar-refractivity contribution < 1.29 is 35.4 Å². The number of hydrogen-bond donors (Lipinski definition) is 0. The van der Waals surface area contributed by atoms with E-state index >= 15 is 0 Å². The van der Waals surface area contributed by atoms with E-state index in [0.29, 0.717) is 0 Å². The van der Waals surface area contributed by atoms with Gasteiger partial charge in [0, 0.05) is 24.7 Å². The van der Waals surface area contributed by atoms with Crippen LogP contribution in [0.2, 0.25) is 0 Å². The van der Waals surface area contributed by atoms with Crippen molar-refractivity contribution in [3.05, 3.63) is 18.2 Å². The largest absolute Gasteiger partial charge is 0.493 e. The number of nitrogens with zero attached hydrogens (tertiary/aromatic N) is 1. The average Bonchev–Trinajstić information content (AvgIpc) is 2.81. The van der Waals surface area contributed by atoms with E-state index in [1.807, 2.05) is 0 Å². The molecule has 1 aliphatic heterocycles. The second-order valence-electron chi connectivity index (χ2n) is 4.52. The van der Waals surface area contributed by atoms with Gasteiger partial charge < -0.3 is 14.4 Å². The molecule has 1 fully saturated rings. The number of halogens is 3. The van der Waals surface area contributed by atoms with Crippen LogP contribution in [-0.2, 0) is 15.0 Å². The van der Waals surface area contributed by atoms with Crippen LogP contribution in [0.4, 0.5) is 18.4 Å². The Balaban J connectivity index is 2.28. The zero-order valence-electron chi connectivity index (χ0n) is 11.3. The summed E-state index contributed by atoms with van der Waals surface area (Å²) in [6.45, 7) is -3.40. The number of benzene rings is 1. The van der Waals surface area contributed by atoms with Crippen molar-refractivity contribution in [2.75, 3.05) is 18.6 Å². The molecule has 0 saturated carbocycles. The molecule has 0 radical (unpaired) electrons. The van der Waals surface area contributed by atoms with E-state index in [4.69, 9.17) is 4.74 Å². The van der Waals surface area contributed by atoms with Crippen LogP contribution in [0.15, 0.2) is 18.2 Å². The average molecular weight is 339 g/mol. The molecule has 1 amide bonds. The molecule has 0 bridgehead atoms. The van der Waals surface area contributed by atoms with Gasteiger partial charge in [0.2, 0.25) is 5.91 Å². The maximum absolute atomic E-state index is 13.0. The molecule has 0 aromatic heterocycles. The number of carbonyl (C=O) groups is 1. The Hall–Kier alpha value is -1.97. The summed E-state index contributed by atoms with van der Waals surface area (Å²) >= 11 is 0. The SMILES string of the molecule is COc1cc(N2CC(S(=O)(=O)F)CC2=O)ccc1OC(F)F. The first-order valence-corrected chi connectivity index (χ1v) is 7.53. The standard InChI is InChI=1S/C12H12F3NO5S/c1-20-10-4-7(2-3-9(10)21-12(13)14)16-6-8(5-11(16)17)22(15,18)19/h2-4,8,12H,5-6H2,1H3. The van der Waals surface area contributed by atoms with Gasteiger partial charge in [0.25, 0.3) is 0 Å². The summed E-state index contributed by atoms with van der Waals surface area (Å²) in [6, 6.07) is 3.68. The molecular weight excluding hydrogens is 327 g/mol. The van der Waals surface area contributed by atoms with Gasteiger partial charge in [-0.2, -0.15) is 17.2 Å². The first-order valence-electron chi connectivity index (χ1n) is 6.09. The fraction of sp³-hybridized carbons (Fsp3) is 0.417. The molecule has 10 heteroatoms. The van der Waals surface area contributed by atoms with Crippen LogP contribution in [0.1, 0.15) is 6.42 Å². The normalized spacial score (nSPS) is 18.9. The summed E-state index contributed by atoms with van der Waals surface area (Å²) in [5, 5.41) is -1.44. The second kappa shape index (κ2) is 6.03. The van der Waals surface area contributed by atoms with Gasteiger partial charge in [-0.3, -0.25) is 4.79 Å². The summed E-state index contributed by atoms with van der Waals surface area (Å²) < 4.78 is 68.3. The highest BCUT2D eigenvalue weighted by Gasteiger charge is 2.39. The number of alkyl halides is 2. The number of carbonyl (C=O) groups excluding carboxylic acids is 1. The molecule has 22 heavy (non-hydrogen) atoms. The van der Waals surface area contributed by atoms with E-state index in [1.165, 1.54) is 19.2 Å². The molecule has 1 aliphatic rings. The monoisotopic (exact) mass is 339 g/mol. The van der Waals surface area contributed by atoms with Crippen molar-refractivity contribution >= 4 is 21.8 Å². The number of ether oxygens (including phenoxy) is 2. The maximum Gasteiger partial charge on any atom is 0.387 e. The van der Waals surface area contributed by atoms with Crippen molar-refractivity contribution in [3.63, 3.8) is 0 Å². The number of anilines is 1. The van der Waals surface area contributed by atoms with Crippen molar-refractivity contribution in [1.82, 2.24) is 0 Å². The van der Waals surface area contributed by atoms with Crippen molar-refractivity contribution in [2.45, 2.75) is 18.3 Å². The van der Waals surface area contributed by atoms with E-state index < -0.39 is 34.4 Å². The minimum atomic E-state index is -4.83. The number of methoxy groups -OCH3 is 1. The fourth-order valence-electron chi connectivity index (χ4n) is 2.13. The molecule has 2 rings (SSSR count). The van der Waals surface area contributed by atoms with Gasteiger partial charge in [-0.1, -0.05) is 0 Å². The molecule has 1 heterocycles. The van der Waals surface area contributed by atoms with Gasteiger partial charge in [-0.15, -0.1) is 3.89 Å². The van der Waals surface area contributed by atoms with Gasteiger partial charge in [-0.05, 0) is 12.1 Å². The van der Waals surface area contributed by atoms with Crippen LogP contribution >= 0.6 is 0 Å². The van der Waals surface area contributed by atoms with E-state index in [-0.39, 0.29) is 23.7 Å². The Bertz CT molecular complexity index is 679. The number of amides is 1. The van der Waals surface area contributed by atoms with E-state index in [2.05, 4.69) is 4.74 Å². The predicted molar refractivity (Wildman–Crippen MR) is 70.4 cm³/mol. The van der Waals surface area contributed by atoms with E-state index in [9.17, 15) is 25.9 Å². The topological polar surface area (TPSA) is 72.9 Å². The predicted octanol–water partition coefficient (Wildman–Crippen LogP) is 1.70. The zero-order chi connectivity index (χ0) is 16.5. The van der Waals surface area contributed by atoms with Crippen molar-refractivity contribution in [2.24, 2.45) is 0 Å². The summed E-state index contributed by atoms with van der Waals surface area (Å²) in [6.07, 6.45) is -0.476. The first-order chi connectivity index (χ1) is 10.2. The van der Waals surface area contributed by atoms with Crippen LogP contribution in [0.3, 0.4) is 0 Å². The third-order valence-electron chi connectivity index (χ3n) is 3.16. The lowest BCUT2D eigenvalue weighted by atomic mass is 10.2. The lowest BCUT2D eigenvalue weighted by Crippen LogP contribution is -2.26. The molecule has 1 unspecified atom stereocenters. The molecule has 1 saturated heterocycles. The van der Waals surface area contributed by atoms with Gasteiger partial charge in [0.1, 0.15) is 5.25 Å². The van der Waals surface area contributed by atoms with Gasteiger partial charge in [-0.25, -0.2) is 0 Å². The van der Waals surface area contributed by atoms with Crippen LogP contribution < -0.4 is 14.4 Å². The van der Waals surface area contributed by atoms with Gasteiger partial charge in [0.15, 0.2) is 11.5 Å². The summed E-state index contributed by atoms with van der Waals surface area (Å²) in [7, 11) is -3.61. The fourth-order valence-corrected chi connectivity index (χ4v) is 2.80. The van der Waals surface area contributed by atoms with E-state index in [1.54, 1.807) is 0 Å². The summed E-state index contributed by atoms with van der Waals surface area (Å²) in [4.78, 5) is 12.8. The van der Waals surface area contributed by atoms with Crippen LogP contribution in [0.5, 0.6) is 11.5 Å². The van der Waals surface area contributed by atoms with Crippen LogP contribution in [0, 0.1) is 0 Å². The first kappa shape index (κ1) is 16.4. The third kappa shape index (κ3) is 3.43. The Morgan fingerprint density at radius 3 is 2.50 bits per heavy atom. The highest BCUT2D eigenvalue weighted by Crippen LogP contribution is 2.35. The minimum absolute atomic E-state index is 0.0582. The highest BCUT2D eigenvalue weighted by atomic mass is 32.3. The Labute approximate surface area is 124 Å². The molecule has 1 atom stereocenters. The summed E-state index contributed by atoms with van der Waals surface area (Å²) in [5.74, 6) is -0.879. The van der Waals surface area contributed by atoms with Crippen molar-refractivity contribution in [3.8, 4) is 11.5 Å². The molecule has 122 valence electrons. The number of hydrogen-bond acceptors (Lipinski definition) is 5. The molecule has 6 nitrogen and oxygen atoms in total. The summed E-state index contributed by atoms with van der Waals surface area (Å²) in [5.41, 5.74) is 0.203. The van der Waals surface area contributed by atoms with Gasteiger partial charge >= 0.3 is 16.8 Å². The molecule has 0 spiro atoms. The lowest BCUT2D eigenvalue weighted by molar-refractivity contribution is -0.117. The lowest BCUT2D eigenvalue weighted by Gasteiger charge is -2.18. The maximum atomic E-state index is 13.0. The second-order valence-corrected chi connectivity index (χ2v) is 6.14. The Morgan fingerprint density at radius 2 is 2.00 bits per heavy atom. The van der Waals surface area contributed by atoms with Crippen LogP contribution in [-0.4, -0.2) is 39.8 Å². The third-order valence-corrected chi connectivity index (χ3v) is 4.27. The molecule has 1 aromatic rings. The molecule has 1 aromatic carbocycles. The Kier molecular flexibility index (Phi) is 4.50. The molecular formula is C12H12F3NO5S.